The highest BCUT2D eigenvalue weighted by atomic mass is 16.2. The van der Waals surface area contributed by atoms with E-state index in [1.54, 1.807) is 0 Å². The van der Waals surface area contributed by atoms with Gasteiger partial charge in [0, 0.05) is 6.54 Å². The molecular weight excluding hydrogens is 186 g/mol. The van der Waals surface area contributed by atoms with Crippen LogP contribution in [0.4, 0.5) is 4.79 Å². The van der Waals surface area contributed by atoms with Crippen molar-refractivity contribution in [3.63, 3.8) is 0 Å². The molecule has 0 saturated heterocycles. The zero-order valence-electron chi connectivity index (χ0n) is 7.98. The van der Waals surface area contributed by atoms with Crippen LogP contribution in [-0.2, 0) is 9.59 Å². The van der Waals surface area contributed by atoms with Gasteiger partial charge in [0.15, 0.2) is 0 Å². The Labute approximate surface area is 81.0 Å². The number of nitrogens with one attached hydrogen (secondary N) is 1. The number of amides is 4. The molecule has 0 fully saturated rings. The SMILES string of the molecule is CC(C)CNC(=O)N1C=NC(=O)C1=O. The highest BCUT2D eigenvalue weighted by Crippen LogP contribution is 1.98. The molecule has 0 aromatic heterocycles. The quantitative estimate of drug-likeness (QED) is 0.620. The molecule has 1 aliphatic heterocycles. The Balaban J connectivity index is 2.51. The van der Waals surface area contributed by atoms with Gasteiger partial charge in [-0.15, -0.1) is 0 Å². The van der Waals surface area contributed by atoms with E-state index in [1.165, 1.54) is 0 Å². The van der Waals surface area contributed by atoms with Crippen molar-refractivity contribution in [1.82, 2.24) is 10.2 Å². The summed E-state index contributed by atoms with van der Waals surface area (Å²) in [6.45, 7) is 4.29. The van der Waals surface area contributed by atoms with Gasteiger partial charge in [0.05, 0.1) is 0 Å². The van der Waals surface area contributed by atoms with Gasteiger partial charge in [-0.05, 0) is 5.92 Å². The highest BCUT2D eigenvalue weighted by Gasteiger charge is 2.30. The van der Waals surface area contributed by atoms with Crippen molar-refractivity contribution in [3.05, 3.63) is 0 Å². The third kappa shape index (κ3) is 2.15. The zero-order chi connectivity index (χ0) is 10.7. The Bertz CT molecular complexity index is 309. The Morgan fingerprint density at radius 3 is 2.64 bits per heavy atom. The van der Waals surface area contributed by atoms with Crippen molar-refractivity contribution in [2.45, 2.75) is 13.8 Å². The molecule has 76 valence electrons. The summed E-state index contributed by atoms with van der Waals surface area (Å²) in [6.07, 6.45) is 0.931. The standard InChI is InChI=1S/C8H11N3O3/c1-5(2)3-9-8(14)11-4-10-6(12)7(11)13/h4-5H,3H2,1-2H3,(H,9,14). The molecule has 1 rings (SSSR count). The number of hydrogen-bond donors (Lipinski definition) is 1. The van der Waals surface area contributed by atoms with Crippen LogP contribution in [0, 0.1) is 5.92 Å². The molecule has 1 heterocycles. The average Bonchev–Trinajstić information content (AvgIpc) is 2.44. The normalized spacial score (nSPS) is 15.5. The second kappa shape index (κ2) is 3.99. The van der Waals surface area contributed by atoms with Crippen LogP contribution >= 0.6 is 0 Å². The average molecular weight is 197 g/mol. The van der Waals surface area contributed by atoms with Gasteiger partial charge in [-0.1, -0.05) is 13.8 Å². The minimum absolute atomic E-state index is 0.282. The van der Waals surface area contributed by atoms with Crippen LogP contribution in [0.15, 0.2) is 4.99 Å². The lowest BCUT2D eigenvalue weighted by molar-refractivity contribution is -0.138. The Morgan fingerprint density at radius 1 is 1.57 bits per heavy atom. The lowest BCUT2D eigenvalue weighted by Gasteiger charge is -2.12. The summed E-state index contributed by atoms with van der Waals surface area (Å²) in [5, 5.41) is 2.50. The van der Waals surface area contributed by atoms with Gasteiger partial charge in [0.2, 0.25) is 0 Å². The van der Waals surface area contributed by atoms with E-state index in [9.17, 15) is 14.4 Å². The Hall–Kier alpha value is -1.72. The fourth-order valence-electron chi connectivity index (χ4n) is 0.842. The van der Waals surface area contributed by atoms with E-state index in [1.807, 2.05) is 13.8 Å². The molecule has 0 bridgehead atoms. The van der Waals surface area contributed by atoms with Crippen LogP contribution < -0.4 is 5.32 Å². The molecule has 0 saturated carbocycles. The molecule has 14 heavy (non-hydrogen) atoms. The van der Waals surface area contributed by atoms with E-state index in [-0.39, 0.29) is 5.92 Å². The molecule has 0 aromatic carbocycles. The number of aliphatic imine (C=N–C) groups is 1. The summed E-state index contributed by atoms with van der Waals surface area (Å²) in [7, 11) is 0. The first kappa shape index (κ1) is 10.4. The number of carbonyl (C=O) groups is 3. The molecule has 0 aromatic rings. The first-order chi connectivity index (χ1) is 6.52. The summed E-state index contributed by atoms with van der Waals surface area (Å²) in [5.74, 6) is -1.54. The first-order valence-electron chi connectivity index (χ1n) is 4.22. The molecule has 6 heteroatoms. The maximum absolute atomic E-state index is 11.3. The van der Waals surface area contributed by atoms with Crippen molar-refractivity contribution >= 4 is 24.2 Å². The van der Waals surface area contributed by atoms with E-state index >= 15 is 0 Å². The number of hydrogen-bond acceptors (Lipinski definition) is 3. The Morgan fingerprint density at radius 2 is 2.21 bits per heavy atom. The topological polar surface area (TPSA) is 78.8 Å². The van der Waals surface area contributed by atoms with Gasteiger partial charge >= 0.3 is 17.8 Å². The van der Waals surface area contributed by atoms with Gasteiger partial charge in [-0.2, -0.15) is 4.99 Å². The van der Waals surface area contributed by atoms with Gasteiger partial charge < -0.3 is 5.32 Å². The molecule has 0 spiro atoms. The Kier molecular flexibility index (Phi) is 2.95. The van der Waals surface area contributed by atoms with E-state index in [4.69, 9.17) is 0 Å². The maximum Gasteiger partial charge on any atom is 0.337 e. The number of imide groups is 1. The van der Waals surface area contributed by atoms with Crippen LogP contribution in [0.2, 0.25) is 0 Å². The minimum Gasteiger partial charge on any atom is -0.337 e. The second-order valence-corrected chi connectivity index (χ2v) is 3.30. The number of urea groups is 1. The third-order valence-electron chi connectivity index (χ3n) is 1.57. The van der Waals surface area contributed by atoms with Crippen molar-refractivity contribution in [3.8, 4) is 0 Å². The summed E-state index contributed by atoms with van der Waals surface area (Å²) >= 11 is 0. The van der Waals surface area contributed by atoms with Gasteiger partial charge in [-0.3, -0.25) is 9.59 Å². The smallest absolute Gasteiger partial charge is 0.337 e. The second-order valence-electron chi connectivity index (χ2n) is 3.30. The number of rotatable bonds is 2. The summed E-state index contributed by atoms with van der Waals surface area (Å²) < 4.78 is 0. The summed E-state index contributed by atoms with van der Waals surface area (Å²) in [6, 6.07) is -0.613. The largest absolute Gasteiger partial charge is 0.337 e. The van der Waals surface area contributed by atoms with Crippen LogP contribution in [0.25, 0.3) is 0 Å². The van der Waals surface area contributed by atoms with Gasteiger partial charge in [0.25, 0.3) is 0 Å². The number of carbonyl (C=O) groups excluding carboxylic acids is 3. The first-order valence-corrected chi connectivity index (χ1v) is 4.22. The predicted molar refractivity (Wildman–Crippen MR) is 48.6 cm³/mol. The summed E-state index contributed by atoms with van der Waals surface area (Å²) in [5.41, 5.74) is 0. The van der Waals surface area contributed by atoms with E-state index in [0.717, 1.165) is 6.34 Å². The minimum atomic E-state index is -0.912. The zero-order valence-corrected chi connectivity index (χ0v) is 7.98. The van der Waals surface area contributed by atoms with E-state index in [2.05, 4.69) is 10.3 Å². The van der Waals surface area contributed by atoms with Crippen molar-refractivity contribution in [2.24, 2.45) is 10.9 Å². The van der Waals surface area contributed by atoms with Gasteiger partial charge in [0.1, 0.15) is 6.34 Å². The lowest BCUT2D eigenvalue weighted by Crippen LogP contribution is -2.43. The molecule has 0 radical (unpaired) electrons. The van der Waals surface area contributed by atoms with Crippen LogP contribution in [-0.4, -0.2) is 35.6 Å². The van der Waals surface area contributed by atoms with Crippen molar-refractivity contribution < 1.29 is 14.4 Å². The van der Waals surface area contributed by atoms with Crippen LogP contribution in [0.5, 0.6) is 0 Å². The molecule has 1 aliphatic rings. The predicted octanol–water partition coefficient (Wildman–Crippen LogP) is -0.251. The molecule has 0 aliphatic carbocycles. The molecule has 0 unspecified atom stereocenters. The molecule has 4 amide bonds. The maximum atomic E-state index is 11.3. The fourth-order valence-corrected chi connectivity index (χ4v) is 0.842. The molecule has 0 atom stereocenters. The van der Waals surface area contributed by atoms with Crippen molar-refractivity contribution in [2.75, 3.05) is 6.54 Å². The monoisotopic (exact) mass is 197 g/mol. The third-order valence-corrected chi connectivity index (χ3v) is 1.57. The highest BCUT2D eigenvalue weighted by molar-refractivity contribution is 6.44. The van der Waals surface area contributed by atoms with Crippen molar-refractivity contribution in [1.29, 1.82) is 0 Å². The number of nitrogens with zero attached hydrogens (tertiary/aromatic N) is 2. The van der Waals surface area contributed by atoms with Gasteiger partial charge in [-0.25, -0.2) is 9.69 Å². The fraction of sp³-hybridized carbons (Fsp3) is 0.500. The summed E-state index contributed by atoms with van der Waals surface area (Å²) in [4.78, 5) is 36.8. The van der Waals surface area contributed by atoms with E-state index in [0.29, 0.717) is 11.4 Å². The van der Waals surface area contributed by atoms with Crippen LogP contribution in [0.1, 0.15) is 13.8 Å². The molecule has 1 N–H and O–H groups in total. The molecule has 6 nitrogen and oxygen atoms in total. The lowest BCUT2D eigenvalue weighted by atomic mass is 10.2. The molecular formula is C8H11N3O3. The van der Waals surface area contributed by atoms with E-state index < -0.39 is 17.8 Å². The van der Waals surface area contributed by atoms with Crippen LogP contribution in [0.3, 0.4) is 0 Å².